The molecular formula is C14H18N2. The molecule has 1 aromatic carbocycles. The molecule has 0 amide bonds. The van der Waals surface area contributed by atoms with Gasteiger partial charge in [0.15, 0.2) is 0 Å². The number of rotatable bonds is 3. The van der Waals surface area contributed by atoms with Crippen LogP contribution < -0.4 is 5.32 Å². The number of anilines is 1. The Kier molecular flexibility index (Phi) is 3.09. The highest BCUT2D eigenvalue weighted by Crippen LogP contribution is 2.19. The van der Waals surface area contributed by atoms with Crippen molar-refractivity contribution in [2.45, 2.75) is 20.8 Å². The van der Waals surface area contributed by atoms with E-state index in [1.165, 1.54) is 10.9 Å². The molecule has 84 valence electrons. The van der Waals surface area contributed by atoms with Gasteiger partial charge in [-0.25, -0.2) is 4.98 Å². The van der Waals surface area contributed by atoms with Gasteiger partial charge in [0.1, 0.15) is 5.82 Å². The molecule has 2 rings (SSSR count). The Labute approximate surface area is 96.7 Å². The average Bonchev–Trinajstić information content (AvgIpc) is 2.26. The van der Waals surface area contributed by atoms with Gasteiger partial charge >= 0.3 is 0 Å². The first-order valence-electron chi connectivity index (χ1n) is 5.77. The Balaban J connectivity index is 2.34. The van der Waals surface area contributed by atoms with Crippen molar-refractivity contribution in [3.63, 3.8) is 0 Å². The number of nitrogens with one attached hydrogen (secondary N) is 1. The maximum Gasteiger partial charge on any atom is 0.129 e. The molecule has 0 aliphatic carbocycles. The fourth-order valence-corrected chi connectivity index (χ4v) is 1.70. The van der Waals surface area contributed by atoms with Gasteiger partial charge in [-0.3, -0.25) is 0 Å². The highest BCUT2D eigenvalue weighted by Gasteiger charge is 2.03. The van der Waals surface area contributed by atoms with Crippen LogP contribution in [0, 0.1) is 12.8 Å². The quantitative estimate of drug-likeness (QED) is 0.844. The van der Waals surface area contributed by atoms with Crippen LogP contribution in [0.1, 0.15) is 19.4 Å². The maximum atomic E-state index is 4.64. The summed E-state index contributed by atoms with van der Waals surface area (Å²) in [5.74, 6) is 1.64. The number of aryl methyl sites for hydroxylation is 1. The summed E-state index contributed by atoms with van der Waals surface area (Å²) >= 11 is 0. The van der Waals surface area contributed by atoms with Crippen LogP contribution in [0.25, 0.3) is 10.9 Å². The van der Waals surface area contributed by atoms with Crippen LogP contribution in [0.3, 0.4) is 0 Å². The Morgan fingerprint density at radius 1 is 1.25 bits per heavy atom. The highest BCUT2D eigenvalue weighted by atomic mass is 15.0. The Morgan fingerprint density at radius 2 is 2.00 bits per heavy atom. The SMILES string of the molecule is Cc1cc2ccccc2nc1NCC(C)C. The van der Waals surface area contributed by atoms with Crippen molar-refractivity contribution in [1.29, 1.82) is 0 Å². The highest BCUT2D eigenvalue weighted by molar-refractivity contribution is 5.81. The molecule has 0 fully saturated rings. The predicted molar refractivity (Wildman–Crippen MR) is 69.8 cm³/mol. The summed E-state index contributed by atoms with van der Waals surface area (Å²) in [4.78, 5) is 4.64. The molecule has 0 spiro atoms. The zero-order valence-electron chi connectivity index (χ0n) is 10.1. The lowest BCUT2D eigenvalue weighted by Gasteiger charge is -2.11. The zero-order chi connectivity index (χ0) is 11.5. The van der Waals surface area contributed by atoms with Crippen LogP contribution in [0.15, 0.2) is 30.3 Å². The number of aromatic nitrogens is 1. The van der Waals surface area contributed by atoms with Crippen molar-refractivity contribution in [2.75, 3.05) is 11.9 Å². The normalized spacial score (nSPS) is 11.0. The van der Waals surface area contributed by atoms with E-state index in [0.29, 0.717) is 5.92 Å². The summed E-state index contributed by atoms with van der Waals surface area (Å²) < 4.78 is 0. The molecule has 1 aromatic heterocycles. The first kappa shape index (κ1) is 10.9. The van der Waals surface area contributed by atoms with Crippen molar-refractivity contribution < 1.29 is 0 Å². The fraction of sp³-hybridized carbons (Fsp3) is 0.357. The van der Waals surface area contributed by atoms with Gasteiger partial charge in [-0.2, -0.15) is 0 Å². The smallest absolute Gasteiger partial charge is 0.129 e. The summed E-state index contributed by atoms with van der Waals surface area (Å²) in [5.41, 5.74) is 2.26. The maximum absolute atomic E-state index is 4.64. The number of pyridine rings is 1. The monoisotopic (exact) mass is 214 g/mol. The predicted octanol–water partition coefficient (Wildman–Crippen LogP) is 3.61. The number of fused-ring (bicyclic) bond motifs is 1. The first-order valence-corrected chi connectivity index (χ1v) is 5.77. The molecule has 0 saturated carbocycles. The number of hydrogen-bond donors (Lipinski definition) is 1. The second-order valence-electron chi connectivity index (χ2n) is 4.62. The molecular weight excluding hydrogens is 196 g/mol. The van der Waals surface area contributed by atoms with Gasteiger partial charge in [0.05, 0.1) is 5.52 Å². The topological polar surface area (TPSA) is 24.9 Å². The second kappa shape index (κ2) is 4.52. The lowest BCUT2D eigenvalue weighted by molar-refractivity contribution is 0.687. The Bertz CT molecular complexity index is 489. The minimum atomic E-state index is 0.632. The van der Waals surface area contributed by atoms with Crippen LogP contribution in [0.4, 0.5) is 5.82 Å². The molecule has 0 aliphatic rings. The largest absolute Gasteiger partial charge is 0.370 e. The molecule has 16 heavy (non-hydrogen) atoms. The van der Waals surface area contributed by atoms with Crippen molar-refractivity contribution in [3.05, 3.63) is 35.9 Å². The van der Waals surface area contributed by atoms with Gasteiger partial charge in [0.2, 0.25) is 0 Å². The minimum Gasteiger partial charge on any atom is -0.370 e. The van der Waals surface area contributed by atoms with Crippen molar-refractivity contribution in [3.8, 4) is 0 Å². The van der Waals surface area contributed by atoms with E-state index >= 15 is 0 Å². The van der Waals surface area contributed by atoms with Crippen molar-refractivity contribution >= 4 is 16.7 Å². The summed E-state index contributed by atoms with van der Waals surface area (Å²) in [7, 11) is 0. The fourth-order valence-electron chi connectivity index (χ4n) is 1.70. The van der Waals surface area contributed by atoms with E-state index in [0.717, 1.165) is 17.9 Å². The molecule has 0 unspecified atom stereocenters. The molecule has 0 aliphatic heterocycles. The number of para-hydroxylation sites is 1. The summed E-state index contributed by atoms with van der Waals surface area (Å²) in [6.07, 6.45) is 0. The first-order chi connectivity index (χ1) is 7.66. The molecule has 2 aromatic rings. The van der Waals surface area contributed by atoms with E-state index in [1.54, 1.807) is 0 Å². The summed E-state index contributed by atoms with van der Waals surface area (Å²) in [6.45, 7) is 7.46. The molecule has 0 atom stereocenters. The Morgan fingerprint density at radius 3 is 2.75 bits per heavy atom. The van der Waals surface area contributed by atoms with Gasteiger partial charge in [-0.05, 0) is 30.5 Å². The molecule has 2 heteroatoms. The third kappa shape index (κ3) is 2.32. The van der Waals surface area contributed by atoms with E-state index < -0.39 is 0 Å². The number of nitrogens with zero attached hydrogens (tertiary/aromatic N) is 1. The third-order valence-corrected chi connectivity index (χ3v) is 2.59. The van der Waals surface area contributed by atoms with Crippen LogP contribution >= 0.6 is 0 Å². The summed E-state index contributed by atoms with van der Waals surface area (Å²) in [6, 6.07) is 10.4. The van der Waals surface area contributed by atoms with Crippen LogP contribution in [0.2, 0.25) is 0 Å². The van der Waals surface area contributed by atoms with Crippen LogP contribution in [0.5, 0.6) is 0 Å². The molecule has 0 saturated heterocycles. The number of benzene rings is 1. The molecule has 1 heterocycles. The number of hydrogen-bond acceptors (Lipinski definition) is 2. The van der Waals surface area contributed by atoms with E-state index in [1.807, 2.05) is 12.1 Å². The van der Waals surface area contributed by atoms with Gasteiger partial charge in [-0.15, -0.1) is 0 Å². The van der Waals surface area contributed by atoms with Gasteiger partial charge in [0.25, 0.3) is 0 Å². The summed E-state index contributed by atoms with van der Waals surface area (Å²) in [5, 5.41) is 4.60. The van der Waals surface area contributed by atoms with E-state index in [9.17, 15) is 0 Å². The zero-order valence-corrected chi connectivity index (χ0v) is 10.1. The Hall–Kier alpha value is -1.57. The molecule has 0 radical (unpaired) electrons. The van der Waals surface area contributed by atoms with E-state index in [-0.39, 0.29) is 0 Å². The van der Waals surface area contributed by atoms with Crippen molar-refractivity contribution in [2.24, 2.45) is 5.92 Å². The molecule has 1 N–H and O–H groups in total. The third-order valence-electron chi connectivity index (χ3n) is 2.59. The lowest BCUT2D eigenvalue weighted by atomic mass is 10.1. The second-order valence-corrected chi connectivity index (χ2v) is 4.62. The standard InChI is InChI=1S/C14H18N2/c1-10(2)9-15-14-11(3)8-12-6-4-5-7-13(12)16-14/h4-8,10H,9H2,1-3H3,(H,15,16). The molecule has 0 bridgehead atoms. The van der Waals surface area contributed by atoms with Gasteiger partial charge in [-0.1, -0.05) is 32.0 Å². The van der Waals surface area contributed by atoms with Gasteiger partial charge in [0, 0.05) is 11.9 Å². The average molecular weight is 214 g/mol. The lowest BCUT2D eigenvalue weighted by Crippen LogP contribution is -2.10. The molecule has 2 nitrogen and oxygen atoms in total. The van der Waals surface area contributed by atoms with Gasteiger partial charge < -0.3 is 5.32 Å². The van der Waals surface area contributed by atoms with Crippen molar-refractivity contribution in [1.82, 2.24) is 4.98 Å². The minimum absolute atomic E-state index is 0.632. The van der Waals surface area contributed by atoms with E-state index in [2.05, 4.69) is 49.3 Å². The van der Waals surface area contributed by atoms with Crippen LogP contribution in [-0.4, -0.2) is 11.5 Å². The van der Waals surface area contributed by atoms with E-state index in [4.69, 9.17) is 0 Å². The van der Waals surface area contributed by atoms with Crippen LogP contribution in [-0.2, 0) is 0 Å².